The van der Waals surface area contributed by atoms with Crippen molar-refractivity contribution in [1.82, 2.24) is 0 Å². The molecule has 0 saturated heterocycles. The number of hydrogen-bond acceptors (Lipinski definition) is 2. The smallest absolute Gasteiger partial charge is 0.384 e. The minimum absolute atomic E-state index is 0.170. The van der Waals surface area contributed by atoms with Crippen molar-refractivity contribution in [2.45, 2.75) is 31.0 Å². The summed E-state index contributed by atoms with van der Waals surface area (Å²) in [5.74, 6) is -0.170. The van der Waals surface area contributed by atoms with Crippen LogP contribution in [0.1, 0.15) is 19.3 Å². The van der Waals surface area contributed by atoms with Crippen LogP contribution in [0.3, 0.4) is 0 Å². The van der Waals surface area contributed by atoms with Crippen LogP contribution in [0.4, 0.5) is 13.2 Å². The van der Waals surface area contributed by atoms with Crippen molar-refractivity contribution in [3.8, 4) is 0 Å². The zero-order valence-corrected chi connectivity index (χ0v) is 7.40. The van der Waals surface area contributed by atoms with Crippen molar-refractivity contribution in [2.24, 2.45) is 5.92 Å². The van der Waals surface area contributed by atoms with E-state index in [4.69, 9.17) is 4.74 Å². The van der Waals surface area contributed by atoms with Gasteiger partial charge in [-0.3, -0.25) is 0 Å². The third-order valence-corrected chi connectivity index (χ3v) is 2.52. The topological polar surface area (TPSA) is 29.5 Å². The minimum atomic E-state index is -4.50. The van der Waals surface area contributed by atoms with Crippen molar-refractivity contribution in [1.29, 1.82) is 0 Å². The quantitative estimate of drug-likeness (QED) is 0.732. The molecule has 1 rings (SSSR count). The van der Waals surface area contributed by atoms with E-state index in [2.05, 4.69) is 0 Å². The fraction of sp³-hybridized carbons (Fsp3) is 1.00. The van der Waals surface area contributed by atoms with Crippen LogP contribution in [-0.4, -0.2) is 30.6 Å². The molecular weight excluding hydrogens is 185 g/mol. The summed E-state index contributed by atoms with van der Waals surface area (Å²) in [5.41, 5.74) is -2.48. The number of methoxy groups -OCH3 is 1. The van der Waals surface area contributed by atoms with Gasteiger partial charge >= 0.3 is 6.18 Å². The first kappa shape index (κ1) is 10.8. The van der Waals surface area contributed by atoms with E-state index < -0.39 is 11.8 Å². The van der Waals surface area contributed by atoms with E-state index in [0.29, 0.717) is 13.0 Å². The van der Waals surface area contributed by atoms with Gasteiger partial charge in [0.1, 0.15) is 0 Å². The Morgan fingerprint density at radius 2 is 2.15 bits per heavy atom. The van der Waals surface area contributed by atoms with E-state index in [9.17, 15) is 18.3 Å². The molecule has 2 nitrogen and oxygen atoms in total. The first-order valence-corrected chi connectivity index (χ1v) is 4.17. The summed E-state index contributed by atoms with van der Waals surface area (Å²) in [6, 6.07) is 0. The molecule has 1 fully saturated rings. The van der Waals surface area contributed by atoms with Gasteiger partial charge in [-0.25, -0.2) is 0 Å². The second-order valence-corrected chi connectivity index (χ2v) is 3.59. The molecule has 2 unspecified atom stereocenters. The first-order chi connectivity index (χ1) is 5.89. The van der Waals surface area contributed by atoms with Crippen LogP contribution in [-0.2, 0) is 4.74 Å². The second kappa shape index (κ2) is 3.46. The third kappa shape index (κ3) is 2.14. The van der Waals surface area contributed by atoms with Gasteiger partial charge in [-0.2, -0.15) is 13.2 Å². The molecule has 5 heteroatoms. The summed E-state index contributed by atoms with van der Waals surface area (Å²) in [4.78, 5) is 0. The fourth-order valence-electron chi connectivity index (χ4n) is 1.76. The van der Waals surface area contributed by atoms with Crippen LogP contribution >= 0.6 is 0 Å². The molecular formula is C8H13F3O2. The van der Waals surface area contributed by atoms with Crippen LogP contribution in [0.25, 0.3) is 0 Å². The van der Waals surface area contributed by atoms with E-state index >= 15 is 0 Å². The SMILES string of the molecule is COCC1CCC(O)(C(F)(F)F)C1. The molecule has 0 aromatic heterocycles. The second-order valence-electron chi connectivity index (χ2n) is 3.59. The Hall–Kier alpha value is -0.290. The molecule has 0 amide bonds. The van der Waals surface area contributed by atoms with Crippen molar-refractivity contribution >= 4 is 0 Å². The Balaban J connectivity index is 2.56. The van der Waals surface area contributed by atoms with Gasteiger partial charge in [0.2, 0.25) is 0 Å². The zero-order chi connectivity index (χ0) is 10.1. The van der Waals surface area contributed by atoms with Crippen molar-refractivity contribution < 1.29 is 23.0 Å². The lowest BCUT2D eigenvalue weighted by Gasteiger charge is -2.25. The molecule has 2 atom stereocenters. The fourth-order valence-corrected chi connectivity index (χ4v) is 1.76. The van der Waals surface area contributed by atoms with Gasteiger partial charge in [0.05, 0.1) is 0 Å². The van der Waals surface area contributed by atoms with Gasteiger partial charge in [-0.05, 0) is 25.2 Å². The predicted molar refractivity (Wildman–Crippen MR) is 40.2 cm³/mol. The van der Waals surface area contributed by atoms with Crippen LogP contribution in [0, 0.1) is 5.92 Å². The molecule has 78 valence electrons. The lowest BCUT2D eigenvalue weighted by Crippen LogP contribution is -2.42. The molecule has 0 spiro atoms. The van der Waals surface area contributed by atoms with Gasteiger partial charge in [0.15, 0.2) is 5.60 Å². The number of aliphatic hydroxyl groups is 1. The number of halogens is 3. The predicted octanol–water partition coefficient (Wildman–Crippen LogP) is 1.73. The van der Waals surface area contributed by atoms with Gasteiger partial charge in [0.25, 0.3) is 0 Å². The Bertz CT molecular complexity index is 181. The molecule has 0 heterocycles. The maximum absolute atomic E-state index is 12.3. The van der Waals surface area contributed by atoms with E-state index in [1.54, 1.807) is 0 Å². The van der Waals surface area contributed by atoms with E-state index in [1.165, 1.54) is 7.11 Å². The van der Waals surface area contributed by atoms with Crippen LogP contribution in [0.15, 0.2) is 0 Å². The monoisotopic (exact) mass is 198 g/mol. The largest absolute Gasteiger partial charge is 0.417 e. The molecule has 1 aliphatic carbocycles. The summed E-state index contributed by atoms with van der Waals surface area (Å²) >= 11 is 0. The van der Waals surface area contributed by atoms with E-state index in [1.807, 2.05) is 0 Å². The number of hydrogen-bond donors (Lipinski definition) is 1. The first-order valence-electron chi connectivity index (χ1n) is 4.17. The molecule has 1 aliphatic rings. The summed E-state index contributed by atoms with van der Waals surface area (Å²) in [6.45, 7) is 0.290. The average Bonchev–Trinajstić information content (AvgIpc) is 2.32. The molecule has 13 heavy (non-hydrogen) atoms. The van der Waals surface area contributed by atoms with Crippen molar-refractivity contribution in [3.05, 3.63) is 0 Å². The van der Waals surface area contributed by atoms with E-state index in [0.717, 1.165) is 0 Å². The normalized spacial score (nSPS) is 35.3. The zero-order valence-electron chi connectivity index (χ0n) is 7.40. The summed E-state index contributed by atoms with van der Waals surface area (Å²) < 4.78 is 41.6. The summed E-state index contributed by atoms with van der Waals surface area (Å²) in [7, 11) is 1.45. The maximum atomic E-state index is 12.3. The Labute approximate surface area is 74.7 Å². The van der Waals surface area contributed by atoms with Crippen LogP contribution in [0.5, 0.6) is 0 Å². The molecule has 0 aromatic rings. The maximum Gasteiger partial charge on any atom is 0.417 e. The van der Waals surface area contributed by atoms with Crippen molar-refractivity contribution in [3.63, 3.8) is 0 Å². The van der Waals surface area contributed by atoms with Gasteiger partial charge in [-0.1, -0.05) is 0 Å². The van der Waals surface area contributed by atoms with Crippen molar-refractivity contribution in [2.75, 3.05) is 13.7 Å². The highest BCUT2D eigenvalue weighted by molar-refractivity contribution is 4.94. The van der Waals surface area contributed by atoms with Gasteiger partial charge in [-0.15, -0.1) is 0 Å². The lowest BCUT2D eigenvalue weighted by molar-refractivity contribution is -0.258. The Morgan fingerprint density at radius 1 is 1.54 bits per heavy atom. The molecule has 0 radical (unpaired) electrons. The Kier molecular flexibility index (Phi) is 2.87. The molecule has 0 aromatic carbocycles. The standard InChI is InChI=1S/C8H13F3O2/c1-13-5-6-2-3-7(12,4-6)8(9,10)11/h6,12H,2-5H2,1H3. The summed E-state index contributed by atoms with van der Waals surface area (Å²) in [5, 5.41) is 9.24. The minimum Gasteiger partial charge on any atom is -0.384 e. The number of alkyl halides is 3. The van der Waals surface area contributed by atoms with Gasteiger partial charge in [0, 0.05) is 13.7 Å². The molecule has 1 N–H and O–H groups in total. The number of rotatable bonds is 2. The lowest BCUT2D eigenvalue weighted by atomic mass is 10.0. The van der Waals surface area contributed by atoms with E-state index in [-0.39, 0.29) is 18.8 Å². The molecule has 0 bridgehead atoms. The highest BCUT2D eigenvalue weighted by atomic mass is 19.4. The van der Waals surface area contributed by atoms with Crippen LogP contribution in [0.2, 0.25) is 0 Å². The Morgan fingerprint density at radius 3 is 2.54 bits per heavy atom. The van der Waals surface area contributed by atoms with Gasteiger partial charge < -0.3 is 9.84 Å². The number of ether oxygens (including phenoxy) is 1. The molecule has 0 aliphatic heterocycles. The highest BCUT2D eigenvalue weighted by Crippen LogP contribution is 2.45. The average molecular weight is 198 g/mol. The molecule has 1 saturated carbocycles. The third-order valence-electron chi connectivity index (χ3n) is 2.52. The highest BCUT2D eigenvalue weighted by Gasteiger charge is 2.56. The summed E-state index contributed by atoms with van der Waals surface area (Å²) in [6.07, 6.45) is -4.56. The van der Waals surface area contributed by atoms with Crippen LogP contribution < -0.4 is 0 Å².